The first-order valence-electron chi connectivity index (χ1n) is 9.55. The van der Waals surface area contributed by atoms with E-state index >= 15 is 0 Å². The summed E-state index contributed by atoms with van der Waals surface area (Å²) in [5.74, 6) is 1.60. The van der Waals surface area contributed by atoms with Crippen LogP contribution in [0.3, 0.4) is 0 Å². The Kier molecular flexibility index (Phi) is 7.04. The van der Waals surface area contributed by atoms with Crippen molar-refractivity contribution in [1.29, 1.82) is 0 Å². The molecule has 3 aromatic rings. The molecule has 0 N–H and O–H groups in total. The summed E-state index contributed by atoms with van der Waals surface area (Å²) in [6.45, 7) is 6.72. The molecule has 2 aromatic carbocycles. The zero-order valence-corrected chi connectivity index (χ0v) is 17.8. The van der Waals surface area contributed by atoms with Gasteiger partial charge in [-0.2, -0.15) is 0 Å². The SMILES string of the molecule is CC(C)Cn1c(SCc2ccccc2[N+](=O)[O-])nnc1C(C)Oc1ccc(F)cc1. The van der Waals surface area contributed by atoms with E-state index in [-0.39, 0.29) is 16.4 Å². The molecule has 7 nitrogen and oxygen atoms in total. The number of hydrogen-bond donors (Lipinski definition) is 0. The zero-order valence-electron chi connectivity index (χ0n) is 17.0. The number of benzene rings is 2. The average Bonchev–Trinajstić information content (AvgIpc) is 3.10. The van der Waals surface area contributed by atoms with Crippen molar-refractivity contribution in [2.24, 2.45) is 5.92 Å². The molecule has 0 saturated carbocycles. The van der Waals surface area contributed by atoms with E-state index < -0.39 is 6.10 Å². The van der Waals surface area contributed by atoms with Gasteiger partial charge < -0.3 is 9.30 Å². The molecule has 0 aliphatic heterocycles. The van der Waals surface area contributed by atoms with Gasteiger partial charge in [0.1, 0.15) is 11.6 Å². The lowest BCUT2D eigenvalue weighted by Crippen LogP contribution is -2.15. The van der Waals surface area contributed by atoms with Crippen molar-refractivity contribution in [2.75, 3.05) is 0 Å². The molecule has 0 radical (unpaired) electrons. The summed E-state index contributed by atoms with van der Waals surface area (Å²) in [4.78, 5) is 10.9. The smallest absolute Gasteiger partial charge is 0.273 e. The Hall–Kier alpha value is -2.94. The van der Waals surface area contributed by atoms with Crippen molar-refractivity contribution < 1.29 is 14.1 Å². The molecule has 9 heteroatoms. The number of nitro benzene ring substituents is 1. The van der Waals surface area contributed by atoms with E-state index in [1.165, 1.54) is 30.0 Å². The number of rotatable bonds is 9. The Morgan fingerprint density at radius 3 is 2.50 bits per heavy atom. The first kappa shape index (κ1) is 21.8. The maximum absolute atomic E-state index is 13.1. The third-order valence-electron chi connectivity index (χ3n) is 4.33. The molecule has 1 heterocycles. The maximum atomic E-state index is 13.1. The van der Waals surface area contributed by atoms with Gasteiger partial charge in [0.2, 0.25) is 0 Å². The molecule has 0 spiro atoms. The molecular weight excluding hydrogens is 407 g/mol. The van der Waals surface area contributed by atoms with E-state index in [4.69, 9.17) is 4.74 Å². The van der Waals surface area contributed by atoms with Crippen LogP contribution < -0.4 is 4.74 Å². The standard InChI is InChI=1S/C21H23FN4O3S/c1-14(2)12-25-20(15(3)29-18-10-8-17(22)9-11-18)23-24-21(25)30-13-16-6-4-5-7-19(16)26(27)28/h4-11,14-15H,12-13H2,1-3H3. The molecule has 0 saturated heterocycles. The largest absolute Gasteiger partial charge is 0.483 e. The molecule has 1 atom stereocenters. The van der Waals surface area contributed by atoms with Gasteiger partial charge in [-0.15, -0.1) is 10.2 Å². The molecule has 158 valence electrons. The van der Waals surface area contributed by atoms with Crippen LogP contribution in [-0.2, 0) is 12.3 Å². The van der Waals surface area contributed by atoms with Crippen LogP contribution in [0.15, 0.2) is 53.7 Å². The first-order valence-corrected chi connectivity index (χ1v) is 10.5. The van der Waals surface area contributed by atoms with Crippen molar-refractivity contribution in [2.45, 2.75) is 44.3 Å². The molecule has 0 amide bonds. The van der Waals surface area contributed by atoms with Gasteiger partial charge in [0.05, 0.1) is 4.92 Å². The quantitative estimate of drug-likeness (QED) is 0.256. The van der Waals surface area contributed by atoms with Crippen LogP contribution in [0.4, 0.5) is 10.1 Å². The van der Waals surface area contributed by atoms with Crippen molar-refractivity contribution in [1.82, 2.24) is 14.8 Å². The molecule has 0 fully saturated rings. The predicted molar refractivity (Wildman–Crippen MR) is 113 cm³/mol. The fraction of sp³-hybridized carbons (Fsp3) is 0.333. The van der Waals surface area contributed by atoms with Crippen LogP contribution in [0.25, 0.3) is 0 Å². The first-order chi connectivity index (χ1) is 14.3. The molecule has 0 bridgehead atoms. The van der Waals surface area contributed by atoms with E-state index in [1.54, 1.807) is 30.3 Å². The van der Waals surface area contributed by atoms with Crippen LogP contribution in [-0.4, -0.2) is 19.7 Å². The Morgan fingerprint density at radius 2 is 1.83 bits per heavy atom. The fourth-order valence-electron chi connectivity index (χ4n) is 2.97. The Bertz CT molecular complexity index is 1010. The fourth-order valence-corrected chi connectivity index (χ4v) is 3.92. The van der Waals surface area contributed by atoms with Gasteiger partial charge in [0, 0.05) is 23.9 Å². The van der Waals surface area contributed by atoms with Crippen LogP contribution in [0.2, 0.25) is 0 Å². The monoisotopic (exact) mass is 430 g/mol. The van der Waals surface area contributed by atoms with Gasteiger partial charge in [0.15, 0.2) is 17.1 Å². The summed E-state index contributed by atoms with van der Waals surface area (Å²) < 4.78 is 21.0. The lowest BCUT2D eigenvalue weighted by Gasteiger charge is -2.18. The van der Waals surface area contributed by atoms with Crippen molar-refractivity contribution in [3.63, 3.8) is 0 Å². The highest BCUT2D eigenvalue weighted by molar-refractivity contribution is 7.98. The molecule has 1 unspecified atom stereocenters. The minimum atomic E-state index is -0.401. The van der Waals surface area contributed by atoms with E-state index in [9.17, 15) is 14.5 Å². The topological polar surface area (TPSA) is 83.1 Å². The van der Waals surface area contributed by atoms with Crippen LogP contribution in [0, 0.1) is 21.8 Å². The molecule has 0 aliphatic carbocycles. The number of halogens is 1. The number of para-hydroxylation sites is 1. The molecule has 1 aromatic heterocycles. The Balaban J connectivity index is 1.81. The highest BCUT2D eigenvalue weighted by Gasteiger charge is 2.21. The minimum Gasteiger partial charge on any atom is -0.483 e. The summed E-state index contributed by atoms with van der Waals surface area (Å²) in [5.41, 5.74) is 0.719. The maximum Gasteiger partial charge on any atom is 0.273 e. The molecule has 0 aliphatic rings. The summed E-state index contributed by atoms with van der Waals surface area (Å²) >= 11 is 1.40. The summed E-state index contributed by atoms with van der Waals surface area (Å²) in [6, 6.07) is 12.5. The number of thioether (sulfide) groups is 1. The molecular formula is C21H23FN4O3S. The van der Waals surface area contributed by atoms with Gasteiger partial charge in [0.25, 0.3) is 5.69 Å². The molecule has 30 heavy (non-hydrogen) atoms. The Morgan fingerprint density at radius 1 is 1.13 bits per heavy atom. The van der Waals surface area contributed by atoms with Gasteiger partial charge in [-0.25, -0.2) is 4.39 Å². The van der Waals surface area contributed by atoms with Crippen molar-refractivity contribution >= 4 is 17.4 Å². The molecule has 3 rings (SSSR count). The third kappa shape index (κ3) is 5.35. The number of nitro groups is 1. The summed E-state index contributed by atoms with van der Waals surface area (Å²) in [5, 5.41) is 20.5. The van der Waals surface area contributed by atoms with Crippen LogP contribution in [0.5, 0.6) is 5.75 Å². The third-order valence-corrected chi connectivity index (χ3v) is 5.34. The van der Waals surface area contributed by atoms with Crippen LogP contribution >= 0.6 is 11.8 Å². The van der Waals surface area contributed by atoms with Gasteiger partial charge >= 0.3 is 0 Å². The van der Waals surface area contributed by atoms with Gasteiger partial charge in [-0.05, 0) is 37.1 Å². The van der Waals surface area contributed by atoms with Gasteiger partial charge in [-0.3, -0.25) is 10.1 Å². The summed E-state index contributed by atoms with van der Waals surface area (Å²) in [7, 11) is 0. The zero-order chi connectivity index (χ0) is 21.7. The second-order valence-corrected chi connectivity index (χ2v) is 8.18. The lowest BCUT2D eigenvalue weighted by atomic mass is 10.2. The van der Waals surface area contributed by atoms with Crippen molar-refractivity contribution in [3.05, 3.63) is 75.9 Å². The number of nitrogens with zero attached hydrogens (tertiary/aromatic N) is 4. The second kappa shape index (κ2) is 9.71. The normalized spacial score (nSPS) is 12.2. The van der Waals surface area contributed by atoms with Crippen LogP contribution in [0.1, 0.15) is 38.3 Å². The van der Waals surface area contributed by atoms with E-state index in [2.05, 4.69) is 24.0 Å². The number of ether oxygens (including phenoxy) is 1. The van der Waals surface area contributed by atoms with Gasteiger partial charge in [-0.1, -0.05) is 43.8 Å². The highest BCUT2D eigenvalue weighted by atomic mass is 32.2. The lowest BCUT2D eigenvalue weighted by molar-refractivity contribution is -0.385. The van der Waals surface area contributed by atoms with E-state index in [0.717, 1.165) is 0 Å². The Labute approximate surface area is 178 Å². The van der Waals surface area contributed by atoms with E-state index in [1.807, 2.05) is 11.5 Å². The average molecular weight is 431 g/mol. The number of hydrogen-bond acceptors (Lipinski definition) is 6. The van der Waals surface area contributed by atoms with Crippen molar-refractivity contribution in [3.8, 4) is 5.75 Å². The second-order valence-electron chi connectivity index (χ2n) is 7.23. The predicted octanol–water partition coefficient (Wildman–Crippen LogP) is 5.41. The minimum absolute atomic E-state index is 0.0909. The summed E-state index contributed by atoms with van der Waals surface area (Å²) in [6.07, 6.45) is -0.401. The highest BCUT2D eigenvalue weighted by Crippen LogP contribution is 2.30. The van der Waals surface area contributed by atoms with E-state index in [0.29, 0.717) is 40.5 Å². The number of aromatic nitrogens is 3.